The summed E-state index contributed by atoms with van der Waals surface area (Å²) in [6.07, 6.45) is -10.4. The van der Waals surface area contributed by atoms with E-state index in [1.165, 1.54) is 14.2 Å². The van der Waals surface area contributed by atoms with E-state index in [0.29, 0.717) is 6.26 Å². The van der Waals surface area contributed by atoms with Gasteiger partial charge in [0, 0.05) is 0 Å². The minimum Gasteiger partial charge on any atom is -0.493 e. The molecule has 206 valence electrons. The highest BCUT2D eigenvalue weighted by molar-refractivity contribution is 7.85. The third kappa shape index (κ3) is 7.33. The van der Waals surface area contributed by atoms with E-state index >= 15 is 0 Å². The first-order valence-corrected chi connectivity index (χ1v) is 11.9. The predicted octanol–water partition coefficient (Wildman–Crippen LogP) is 5.05. The largest absolute Gasteiger partial charge is 0.493 e. The van der Waals surface area contributed by atoms with Crippen LogP contribution in [-0.4, -0.2) is 61.2 Å². The smallest absolute Gasteiger partial charge is 0.401 e. The zero-order chi connectivity index (χ0) is 28.2. The summed E-state index contributed by atoms with van der Waals surface area (Å²) in [7, 11) is 0.0596. The minimum absolute atomic E-state index is 0.00492. The normalized spacial score (nSPS) is 13.8. The molecular formula is C22H23F6NO7S. The molecule has 2 aromatic carbocycles. The van der Waals surface area contributed by atoms with Crippen molar-refractivity contribution < 1.29 is 58.0 Å². The minimum atomic E-state index is -5.39. The fraction of sp³-hybridized carbons (Fsp3) is 0.409. The van der Waals surface area contributed by atoms with Crippen molar-refractivity contribution in [3.05, 3.63) is 47.5 Å². The van der Waals surface area contributed by atoms with Gasteiger partial charge >= 0.3 is 22.5 Å². The number of alkyl halides is 6. The lowest BCUT2D eigenvalue weighted by molar-refractivity contribution is -0.148. The van der Waals surface area contributed by atoms with Gasteiger partial charge in [-0.05, 0) is 35.4 Å². The second-order valence-electron chi connectivity index (χ2n) is 7.47. The van der Waals surface area contributed by atoms with Gasteiger partial charge in [-0.25, -0.2) is 0 Å². The van der Waals surface area contributed by atoms with Crippen LogP contribution in [0, 0.1) is 0 Å². The van der Waals surface area contributed by atoms with Gasteiger partial charge < -0.3 is 18.9 Å². The monoisotopic (exact) mass is 559 g/mol. The number of benzene rings is 2. The molecule has 0 aliphatic heterocycles. The van der Waals surface area contributed by atoms with Crippen molar-refractivity contribution in [1.82, 2.24) is 0 Å². The van der Waals surface area contributed by atoms with E-state index in [4.69, 9.17) is 18.9 Å². The summed E-state index contributed by atoms with van der Waals surface area (Å²) in [6.45, 7) is 0. The van der Waals surface area contributed by atoms with Crippen molar-refractivity contribution in [3.63, 3.8) is 0 Å². The first kappa shape index (κ1) is 29.9. The van der Waals surface area contributed by atoms with Crippen LogP contribution in [0.4, 0.5) is 26.3 Å². The van der Waals surface area contributed by atoms with E-state index in [-0.39, 0.29) is 23.0 Å². The molecule has 2 atom stereocenters. The molecule has 0 aliphatic carbocycles. The Kier molecular flexibility index (Phi) is 9.17. The van der Waals surface area contributed by atoms with Crippen LogP contribution < -0.4 is 18.9 Å². The van der Waals surface area contributed by atoms with E-state index in [2.05, 4.69) is 9.44 Å². The standard InChI is InChI=1S/C22H23F6NO7S/c1-32-14-8-6-12(10-16(14)34-3)18(21(23,24)25)20(29-36-37(5,30)31)19(22(26,27)28)13-7-9-15(33-2)17(11-13)35-4/h6-11,18-19H,1-5H3. The lowest BCUT2D eigenvalue weighted by Crippen LogP contribution is -2.38. The number of methoxy groups -OCH3 is 4. The van der Waals surface area contributed by atoms with E-state index in [9.17, 15) is 34.8 Å². The molecule has 15 heteroatoms. The van der Waals surface area contributed by atoms with E-state index in [1.807, 2.05) is 0 Å². The first-order valence-electron chi connectivity index (χ1n) is 10.1. The molecule has 0 heterocycles. The van der Waals surface area contributed by atoms with Crippen LogP contribution in [0.2, 0.25) is 0 Å². The Morgan fingerprint density at radius 2 is 1.05 bits per heavy atom. The van der Waals surface area contributed by atoms with Crippen LogP contribution in [0.3, 0.4) is 0 Å². The Morgan fingerprint density at radius 3 is 1.32 bits per heavy atom. The van der Waals surface area contributed by atoms with Gasteiger partial charge in [0.25, 0.3) is 0 Å². The van der Waals surface area contributed by atoms with Gasteiger partial charge in [0.05, 0.1) is 40.4 Å². The molecule has 0 bridgehead atoms. The summed E-state index contributed by atoms with van der Waals surface area (Å²) in [4.78, 5) is 0. The maximum Gasteiger partial charge on any atom is 0.401 e. The number of ether oxygens (including phenoxy) is 4. The Bertz CT molecular complexity index is 1150. The molecule has 0 spiro atoms. The van der Waals surface area contributed by atoms with Crippen molar-refractivity contribution in [1.29, 1.82) is 0 Å². The summed E-state index contributed by atoms with van der Waals surface area (Å²) in [5.41, 5.74) is -3.17. The molecule has 0 saturated heterocycles. The summed E-state index contributed by atoms with van der Waals surface area (Å²) in [5.74, 6) is -6.57. The fourth-order valence-corrected chi connectivity index (χ4v) is 3.72. The van der Waals surface area contributed by atoms with Crippen molar-refractivity contribution >= 4 is 15.8 Å². The van der Waals surface area contributed by atoms with Crippen LogP contribution in [0.25, 0.3) is 0 Å². The molecule has 8 nitrogen and oxygen atoms in total. The average Bonchev–Trinajstić information content (AvgIpc) is 2.79. The number of nitrogens with zero attached hydrogens (tertiary/aromatic N) is 1. The molecule has 0 saturated carbocycles. The molecule has 0 amide bonds. The summed E-state index contributed by atoms with van der Waals surface area (Å²) in [5, 5.41) is 2.92. The Labute approximate surface area is 208 Å². The molecule has 0 aromatic heterocycles. The number of hydrogen-bond acceptors (Lipinski definition) is 8. The van der Waals surface area contributed by atoms with Crippen LogP contribution in [0.15, 0.2) is 41.6 Å². The van der Waals surface area contributed by atoms with E-state index in [0.717, 1.165) is 50.6 Å². The lowest BCUT2D eigenvalue weighted by Gasteiger charge is -2.29. The SMILES string of the molecule is COc1ccc(C(C(=NOS(C)(=O)=O)C(c2ccc(OC)c(OC)c2)C(F)(F)F)C(F)(F)F)cc1OC. The van der Waals surface area contributed by atoms with Gasteiger partial charge in [-0.2, -0.15) is 34.8 Å². The zero-order valence-corrected chi connectivity index (χ0v) is 20.9. The molecular weight excluding hydrogens is 536 g/mol. The Balaban J connectivity index is 2.93. The van der Waals surface area contributed by atoms with Gasteiger partial charge in [0.2, 0.25) is 0 Å². The fourth-order valence-electron chi connectivity index (χ4n) is 3.50. The van der Waals surface area contributed by atoms with Crippen molar-refractivity contribution in [2.45, 2.75) is 24.2 Å². The second-order valence-corrected chi connectivity index (χ2v) is 9.03. The summed E-state index contributed by atoms with van der Waals surface area (Å²) in [6, 6.07) is 5.46. The van der Waals surface area contributed by atoms with Gasteiger partial charge in [-0.3, -0.25) is 4.28 Å². The third-order valence-corrected chi connectivity index (χ3v) is 5.35. The molecule has 0 aliphatic rings. The number of oxime groups is 1. The number of hydrogen-bond donors (Lipinski definition) is 0. The number of rotatable bonds is 10. The second kappa shape index (κ2) is 11.4. The van der Waals surface area contributed by atoms with Gasteiger partial charge in [0.1, 0.15) is 11.8 Å². The third-order valence-electron chi connectivity index (χ3n) is 5.01. The van der Waals surface area contributed by atoms with Crippen LogP contribution in [0.5, 0.6) is 23.0 Å². The van der Waals surface area contributed by atoms with Crippen molar-refractivity contribution in [2.75, 3.05) is 34.7 Å². The molecule has 0 radical (unpaired) electrons. The Hall–Kier alpha value is -3.36. The summed E-state index contributed by atoms with van der Waals surface area (Å²) < 4.78 is 134. The average molecular weight is 559 g/mol. The summed E-state index contributed by atoms with van der Waals surface area (Å²) >= 11 is 0. The van der Waals surface area contributed by atoms with Crippen LogP contribution >= 0.6 is 0 Å². The molecule has 2 aromatic rings. The maximum absolute atomic E-state index is 14.5. The molecule has 37 heavy (non-hydrogen) atoms. The highest BCUT2D eigenvalue weighted by atomic mass is 32.2. The quantitative estimate of drug-likeness (QED) is 0.229. The first-order chi connectivity index (χ1) is 17.1. The maximum atomic E-state index is 14.5. The highest BCUT2D eigenvalue weighted by Gasteiger charge is 2.54. The van der Waals surface area contributed by atoms with E-state index < -0.39 is 51.1 Å². The lowest BCUT2D eigenvalue weighted by atomic mass is 9.81. The molecule has 2 rings (SSSR count). The number of halogens is 6. The molecule has 2 unspecified atom stereocenters. The van der Waals surface area contributed by atoms with Crippen LogP contribution in [0.1, 0.15) is 23.0 Å². The zero-order valence-electron chi connectivity index (χ0n) is 20.1. The van der Waals surface area contributed by atoms with Gasteiger partial charge in [-0.1, -0.05) is 17.3 Å². The van der Waals surface area contributed by atoms with Crippen molar-refractivity contribution in [2.24, 2.45) is 5.16 Å². The highest BCUT2D eigenvalue weighted by Crippen LogP contribution is 2.48. The predicted molar refractivity (Wildman–Crippen MR) is 120 cm³/mol. The van der Waals surface area contributed by atoms with Gasteiger partial charge in [0.15, 0.2) is 23.0 Å². The van der Waals surface area contributed by atoms with E-state index in [1.54, 1.807) is 0 Å². The topological polar surface area (TPSA) is 92.7 Å². The van der Waals surface area contributed by atoms with Gasteiger partial charge in [-0.15, -0.1) is 0 Å². The van der Waals surface area contributed by atoms with Crippen molar-refractivity contribution in [3.8, 4) is 23.0 Å². The Morgan fingerprint density at radius 1 is 0.703 bits per heavy atom. The van der Waals surface area contributed by atoms with Crippen LogP contribution in [-0.2, 0) is 14.4 Å². The molecule has 0 N–H and O–H groups in total. The molecule has 0 fully saturated rings.